The molecular weight excluding hydrogens is 318 g/mol. The van der Waals surface area contributed by atoms with Crippen LogP contribution >= 0.6 is 0 Å². The monoisotopic (exact) mass is 337 g/mol. The third-order valence-electron chi connectivity index (χ3n) is 3.55. The van der Waals surface area contributed by atoms with Crippen molar-refractivity contribution in [2.45, 2.75) is 0 Å². The van der Waals surface area contributed by atoms with Gasteiger partial charge >= 0.3 is 0 Å². The molecule has 0 atom stereocenters. The van der Waals surface area contributed by atoms with Crippen molar-refractivity contribution in [1.29, 1.82) is 0 Å². The number of nitrogens with one attached hydrogen (secondary N) is 2. The number of benzene rings is 1. The van der Waals surface area contributed by atoms with Crippen molar-refractivity contribution >= 4 is 17.5 Å². The molecule has 0 aliphatic heterocycles. The zero-order chi connectivity index (χ0) is 17.6. The second-order valence-electron chi connectivity index (χ2n) is 5.17. The Morgan fingerprint density at radius 2 is 1.56 bits per heavy atom. The lowest BCUT2D eigenvalue weighted by atomic mass is 10.2. The molecule has 2 N–H and O–H groups in total. The minimum Gasteiger partial charge on any atom is -0.497 e. The number of pyridine rings is 1. The lowest BCUT2D eigenvalue weighted by Gasteiger charge is -2.12. The van der Waals surface area contributed by atoms with E-state index in [1.807, 2.05) is 36.4 Å². The Morgan fingerprint density at radius 1 is 0.880 bits per heavy atom. The van der Waals surface area contributed by atoms with Gasteiger partial charge in [0.15, 0.2) is 0 Å². The predicted octanol–water partition coefficient (Wildman–Crippen LogP) is 3.34. The normalized spacial score (nSPS) is 10.2. The zero-order valence-corrected chi connectivity index (χ0v) is 14.3. The van der Waals surface area contributed by atoms with Gasteiger partial charge in [-0.15, -0.1) is 0 Å². The molecule has 25 heavy (non-hydrogen) atoms. The number of ether oxygens (including phenoxy) is 2. The summed E-state index contributed by atoms with van der Waals surface area (Å²) < 4.78 is 10.6. The maximum atomic E-state index is 5.30. The fourth-order valence-corrected chi connectivity index (χ4v) is 2.32. The van der Waals surface area contributed by atoms with E-state index in [2.05, 4.69) is 25.6 Å². The first kappa shape index (κ1) is 16.5. The number of rotatable bonds is 6. The first-order chi connectivity index (χ1) is 12.2. The van der Waals surface area contributed by atoms with E-state index >= 15 is 0 Å². The maximum absolute atomic E-state index is 5.30. The van der Waals surface area contributed by atoms with Crippen molar-refractivity contribution in [3.63, 3.8) is 0 Å². The van der Waals surface area contributed by atoms with Crippen molar-refractivity contribution in [2.24, 2.45) is 0 Å². The van der Waals surface area contributed by atoms with E-state index in [0.29, 0.717) is 23.3 Å². The molecule has 0 radical (unpaired) electrons. The van der Waals surface area contributed by atoms with Gasteiger partial charge in [0, 0.05) is 55.0 Å². The molecule has 7 heteroatoms. The summed E-state index contributed by atoms with van der Waals surface area (Å²) in [6, 6.07) is 11.2. The molecule has 0 amide bonds. The number of hydrogen-bond donors (Lipinski definition) is 2. The van der Waals surface area contributed by atoms with Crippen LogP contribution in [-0.4, -0.2) is 36.2 Å². The van der Waals surface area contributed by atoms with Crippen LogP contribution in [0.3, 0.4) is 0 Å². The zero-order valence-electron chi connectivity index (χ0n) is 14.3. The number of anilines is 3. The van der Waals surface area contributed by atoms with Gasteiger partial charge in [-0.3, -0.25) is 4.98 Å². The van der Waals surface area contributed by atoms with Crippen LogP contribution in [0, 0.1) is 0 Å². The second-order valence-corrected chi connectivity index (χ2v) is 5.17. The Hall–Kier alpha value is -3.35. The predicted molar refractivity (Wildman–Crippen MR) is 97.6 cm³/mol. The molecule has 2 aromatic heterocycles. The standard InChI is InChI=1S/C18H19N5O2/c1-19-18-22-16(12-4-6-20-7-5-12)11-17(23-18)21-13-8-14(24-2)10-15(9-13)25-3/h4-11H,1-3H3,(H2,19,21,22,23). The van der Waals surface area contributed by atoms with Gasteiger partial charge in [-0.2, -0.15) is 4.98 Å². The first-order valence-electron chi connectivity index (χ1n) is 7.69. The highest BCUT2D eigenvalue weighted by atomic mass is 16.5. The second kappa shape index (κ2) is 7.48. The van der Waals surface area contributed by atoms with E-state index in [1.54, 1.807) is 33.7 Å². The number of nitrogens with zero attached hydrogens (tertiary/aromatic N) is 3. The summed E-state index contributed by atoms with van der Waals surface area (Å²) in [5.41, 5.74) is 2.55. The third kappa shape index (κ3) is 3.95. The smallest absolute Gasteiger partial charge is 0.224 e. The Kier molecular flexibility index (Phi) is 4.94. The van der Waals surface area contributed by atoms with Crippen LogP contribution in [0.2, 0.25) is 0 Å². The molecule has 0 spiro atoms. The summed E-state index contributed by atoms with van der Waals surface area (Å²) in [5, 5.41) is 6.25. The average molecular weight is 337 g/mol. The quantitative estimate of drug-likeness (QED) is 0.714. The van der Waals surface area contributed by atoms with Gasteiger partial charge in [-0.05, 0) is 12.1 Å². The summed E-state index contributed by atoms with van der Waals surface area (Å²) in [6.45, 7) is 0. The van der Waals surface area contributed by atoms with Crippen LogP contribution in [0.25, 0.3) is 11.3 Å². The molecular formula is C18H19N5O2. The highest BCUT2D eigenvalue weighted by Crippen LogP contribution is 2.29. The number of methoxy groups -OCH3 is 2. The molecule has 2 heterocycles. The molecule has 0 bridgehead atoms. The summed E-state index contributed by atoms with van der Waals surface area (Å²) in [6.07, 6.45) is 3.47. The van der Waals surface area contributed by atoms with Crippen LogP contribution in [0.1, 0.15) is 0 Å². The molecule has 128 valence electrons. The molecule has 0 aliphatic carbocycles. The molecule has 0 saturated carbocycles. The van der Waals surface area contributed by atoms with Crippen LogP contribution < -0.4 is 20.1 Å². The van der Waals surface area contributed by atoms with Gasteiger partial charge in [0.05, 0.1) is 19.9 Å². The Morgan fingerprint density at radius 3 is 2.16 bits per heavy atom. The van der Waals surface area contributed by atoms with E-state index < -0.39 is 0 Å². The Bertz CT molecular complexity index is 833. The maximum Gasteiger partial charge on any atom is 0.224 e. The van der Waals surface area contributed by atoms with Gasteiger partial charge in [0.2, 0.25) is 5.95 Å². The van der Waals surface area contributed by atoms with Crippen molar-refractivity contribution in [1.82, 2.24) is 15.0 Å². The van der Waals surface area contributed by atoms with Crippen molar-refractivity contribution < 1.29 is 9.47 Å². The highest BCUT2D eigenvalue weighted by Gasteiger charge is 2.08. The van der Waals surface area contributed by atoms with E-state index in [0.717, 1.165) is 16.9 Å². The van der Waals surface area contributed by atoms with Gasteiger partial charge < -0.3 is 20.1 Å². The average Bonchev–Trinajstić information content (AvgIpc) is 2.68. The van der Waals surface area contributed by atoms with Crippen LogP contribution in [0.15, 0.2) is 48.8 Å². The third-order valence-corrected chi connectivity index (χ3v) is 3.55. The topological polar surface area (TPSA) is 81.2 Å². The molecule has 0 unspecified atom stereocenters. The number of hydrogen-bond acceptors (Lipinski definition) is 7. The van der Waals surface area contributed by atoms with E-state index in [-0.39, 0.29) is 0 Å². The molecule has 1 aromatic carbocycles. The Balaban J connectivity index is 1.97. The summed E-state index contributed by atoms with van der Waals surface area (Å²) in [7, 11) is 5.01. The molecule has 3 rings (SSSR count). The summed E-state index contributed by atoms with van der Waals surface area (Å²) >= 11 is 0. The van der Waals surface area contributed by atoms with Crippen LogP contribution in [0.5, 0.6) is 11.5 Å². The van der Waals surface area contributed by atoms with Crippen LogP contribution in [0.4, 0.5) is 17.5 Å². The molecule has 7 nitrogen and oxygen atoms in total. The fourth-order valence-electron chi connectivity index (χ4n) is 2.32. The van der Waals surface area contributed by atoms with Gasteiger partial charge in [-0.25, -0.2) is 4.98 Å². The van der Waals surface area contributed by atoms with Gasteiger partial charge in [0.1, 0.15) is 17.3 Å². The van der Waals surface area contributed by atoms with E-state index in [4.69, 9.17) is 9.47 Å². The Labute approximate surface area is 146 Å². The minimum absolute atomic E-state index is 0.520. The number of aromatic nitrogens is 3. The summed E-state index contributed by atoms with van der Waals surface area (Å²) in [5.74, 6) is 2.56. The summed E-state index contributed by atoms with van der Waals surface area (Å²) in [4.78, 5) is 13.0. The van der Waals surface area contributed by atoms with Gasteiger partial charge in [0.25, 0.3) is 0 Å². The van der Waals surface area contributed by atoms with Gasteiger partial charge in [-0.1, -0.05) is 0 Å². The molecule has 0 aliphatic rings. The van der Waals surface area contributed by atoms with Crippen molar-refractivity contribution in [2.75, 3.05) is 31.9 Å². The SMILES string of the molecule is CNc1nc(Nc2cc(OC)cc(OC)c2)cc(-c2ccncc2)n1. The highest BCUT2D eigenvalue weighted by molar-refractivity contribution is 5.68. The van der Waals surface area contributed by atoms with Crippen molar-refractivity contribution in [3.8, 4) is 22.8 Å². The van der Waals surface area contributed by atoms with E-state index in [1.165, 1.54) is 0 Å². The first-order valence-corrected chi connectivity index (χ1v) is 7.69. The lowest BCUT2D eigenvalue weighted by Crippen LogP contribution is -2.02. The molecule has 0 saturated heterocycles. The largest absolute Gasteiger partial charge is 0.497 e. The molecule has 3 aromatic rings. The fraction of sp³-hybridized carbons (Fsp3) is 0.167. The van der Waals surface area contributed by atoms with Crippen LogP contribution in [-0.2, 0) is 0 Å². The molecule has 0 fully saturated rings. The van der Waals surface area contributed by atoms with E-state index in [9.17, 15) is 0 Å². The minimum atomic E-state index is 0.520. The lowest BCUT2D eigenvalue weighted by molar-refractivity contribution is 0.395. The van der Waals surface area contributed by atoms with Crippen molar-refractivity contribution in [3.05, 3.63) is 48.8 Å².